The number of anilines is 2. The van der Waals surface area contributed by atoms with E-state index < -0.39 is 11.5 Å². The molecule has 0 saturated heterocycles. The fourth-order valence-electron chi connectivity index (χ4n) is 2.76. The first-order valence-corrected chi connectivity index (χ1v) is 8.54. The molecule has 0 radical (unpaired) electrons. The van der Waals surface area contributed by atoms with Crippen LogP contribution in [0.15, 0.2) is 35.3 Å². The second-order valence-corrected chi connectivity index (χ2v) is 7.23. The Morgan fingerprint density at radius 3 is 2.73 bits per heavy atom. The molecule has 2 N–H and O–H groups in total. The van der Waals surface area contributed by atoms with Crippen molar-refractivity contribution in [2.75, 3.05) is 5.32 Å². The zero-order valence-electron chi connectivity index (χ0n) is 14.8. The average Bonchev–Trinajstić information content (AvgIpc) is 2.80. The van der Waals surface area contributed by atoms with Crippen molar-refractivity contribution in [1.82, 2.24) is 14.1 Å². The minimum absolute atomic E-state index is 0.0971. The minimum atomic E-state index is -0.875. The predicted molar refractivity (Wildman–Crippen MR) is 101 cm³/mol. The maximum atomic E-state index is 13.5. The third-order valence-electron chi connectivity index (χ3n) is 4.22. The van der Waals surface area contributed by atoms with Crippen molar-refractivity contribution in [1.29, 1.82) is 0 Å². The van der Waals surface area contributed by atoms with Crippen LogP contribution < -0.4 is 11.0 Å². The third-order valence-corrected chi connectivity index (χ3v) is 4.58. The van der Waals surface area contributed by atoms with E-state index in [1.165, 1.54) is 6.20 Å². The number of imidazole rings is 1. The Morgan fingerprint density at radius 2 is 2.04 bits per heavy atom. The molecule has 2 heterocycles. The molecule has 0 amide bonds. The Kier molecular flexibility index (Phi) is 4.77. The Balaban J connectivity index is 2.02. The molecular weight excluding hydrogens is 359 g/mol. The zero-order chi connectivity index (χ0) is 19.1. The molecule has 1 aromatic carbocycles. The summed E-state index contributed by atoms with van der Waals surface area (Å²) in [5, 5.41) is 12.9. The van der Waals surface area contributed by atoms with Gasteiger partial charge in [0, 0.05) is 25.5 Å². The molecule has 2 aromatic heterocycles. The summed E-state index contributed by atoms with van der Waals surface area (Å²) < 4.78 is 16.7. The van der Waals surface area contributed by atoms with Crippen molar-refractivity contribution >= 4 is 34.0 Å². The van der Waals surface area contributed by atoms with Crippen molar-refractivity contribution in [3.05, 3.63) is 51.9 Å². The van der Waals surface area contributed by atoms with Crippen LogP contribution in [0.3, 0.4) is 0 Å². The van der Waals surface area contributed by atoms with E-state index in [0.717, 1.165) is 11.0 Å². The van der Waals surface area contributed by atoms with Crippen LogP contribution in [0.1, 0.15) is 20.3 Å². The highest BCUT2D eigenvalue weighted by Gasteiger charge is 2.17. The summed E-state index contributed by atoms with van der Waals surface area (Å²) in [6.45, 7) is 3.79. The molecule has 0 atom stereocenters. The first kappa shape index (κ1) is 18.4. The Hall–Kier alpha value is -2.38. The third kappa shape index (κ3) is 3.59. The second-order valence-electron chi connectivity index (χ2n) is 6.85. The molecule has 6 nitrogen and oxygen atoms in total. The van der Waals surface area contributed by atoms with Gasteiger partial charge in [-0.3, -0.25) is 9.13 Å². The summed E-state index contributed by atoms with van der Waals surface area (Å²) in [5.41, 5.74) is 1.50. The van der Waals surface area contributed by atoms with E-state index in [4.69, 9.17) is 11.6 Å². The normalized spacial score (nSPS) is 11.9. The average molecular weight is 379 g/mol. The van der Waals surface area contributed by atoms with Gasteiger partial charge in [0.25, 0.3) is 0 Å². The van der Waals surface area contributed by atoms with E-state index in [-0.39, 0.29) is 10.7 Å². The topological polar surface area (TPSA) is 72.1 Å². The van der Waals surface area contributed by atoms with Crippen molar-refractivity contribution in [2.24, 2.45) is 7.05 Å². The van der Waals surface area contributed by atoms with Crippen LogP contribution in [0.2, 0.25) is 5.02 Å². The number of hydrogen-bond donors (Lipinski definition) is 2. The number of hydrogen-bond acceptors (Lipinski definition) is 4. The lowest BCUT2D eigenvalue weighted by Gasteiger charge is -2.17. The zero-order valence-corrected chi connectivity index (χ0v) is 15.5. The lowest BCUT2D eigenvalue weighted by Crippen LogP contribution is -2.27. The number of aliphatic hydroxyl groups is 1. The van der Waals surface area contributed by atoms with Gasteiger partial charge in [-0.25, -0.2) is 9.78 Å². The van der Waals surface area contributed by atoms with Gasteiger partial charge in [-0.1, -0.05) is 11.6 Å². The quantitative estimate of drug-likeness (QED) is 0.667. The molecule has 26 heavy (non-hydrogen) atoms. The highest BCUT2D eigenvalue weighted by Crippen LogP contribution is 2.28. The van der Waals surface area contributed by atoms with E-state index in [2.05, 4.69) is 10.3 Å². The molecule has 3 rings (SSSR count). The summed E-state index contributed by atoms with van der Waals surface area (Å²) in [6.07, 6.45) is 1.76. The SMILES string of the molecule is Cn1c(=O)n(CCC(C)(C)O)c2cc(Nc3ccnc(F)c3Cl)ccc21. The van der Waals surface area contributed by atoms with Gasteiger partial charge in [-0.15, -0.1) is 0 Å². The fourth-order valence-corrected chi connectivity index (χ4v) is 2.92. The molecule has 0 aliphatic carbocycles. The van der Waals surface area contributed by atoms with Crippen molar-refractivity contribution in [2.45, 2.75) is 32.4 Å². The molecule has 0 aliphatic heterocycles. The van der Waals surface area contributed by atoms with E-state index in [1.807, 2.05) is 6.07 Å². The highest BCUT2D eigenvalue weighted by molar-refractivity contribution is 6.33. The second kappa shape index (κ2) is 6.74. The van der Waals surface area contributed by atoms with Gasteiger partial charge in [0.05, 0.1) is 22.3 Å². The molecule has 0 saturated carbocycles. The largest absolute Gasteiger partial charge is 0.390 e. The van der Waals surface area contributed by atoms with Crippen LogP contribution in [-0.2, 0) is 13.6 Å². The highest BCUT2D eigenvalue weighted by atomic mass is 35.5. The van der Waals surface area contributed by atoms with E-state index in [0.29, 0.717) is 24.3 Å². The van der Waals surface area contributed by atoms with Gasteiger partial charge in [-0.05, 0) is 44.5 Å². The number of rotatable bonds is 5. The summed E-state index contributed by atoms with van der Waals surface area (Å²) in [5.74, 6) is -0.750. The first-order chi connectivity index (χ1) is 12.2. The lowest BCUT2D eigenvalue weighted by atomic mass is 10.1. The summed E-state index contributed by atoms with van der Waals surface area (Å²) in [7, 11) is 1.70. The minimum Gasteiger partial charge on any atom is -0.390 e. The van der Waals surface area contributed by atoms with Crippen LogP contribution in [0.5, 0.6) is 0 Å². The number of aromatic nitrogens is 3. The summed E-state index contributed by atoms with van der Waals surface area (Å²) >= 11 is 5.93. The van der Waals surface area contributed by atoms with Crippen molar-refractivity contribution in [3.8, 4) is 0 Å². The molecule has 8 heteroatoms. The molecule has 0 aliphatic rings. The molecule has 0 spiro atoms. The Bertz CT molecular complexity index is 1020. The van der Waals surface area contributed by atoms with E-state index >= 15 is 0 Å². The maximum absolute atomic E-state index is 13.5. The van der Waals surface area contributed by atoms with Gasteiger partial charge in [0.2, 0.25) is 5.95 Å². The Labute approximate surface area is 154 Å². The smallest absolute Gasteiger partial charge is 0.328 e. The van der Waals surface area contributed by atoms with Gasteiger partial charge >= 0.3 is 5.69 Å². The van der Waals surface area contributed by atoms with Gasteiger partial charge < -0.3 is 10.4 Å². The van der Waals surface area contributed by atoms with E-state index in [9.17, 15) is 14.3 Å². The summed E-state index contributed by atoms with van der Waals surface area (Å²) in [6, 6.07) is 6.97. The number of benzene rings is 1. The molecule has 0 bridgehead atoms. The first-order valence-electron chi connectivity index (χ1n) is 8.16. The molecule has 0 unspecified atom stereocenters. The van der Waals surface area contributed by atoms with Crippen LogP contribution >= 0.6 is 11.6 Å². The number of pyridine rings is 1. The number of nitrogens with zero attached hydrogens (tertiary/aromatic N) is 3. The van der Waals surface area contributed by atoms with Gasteiger partial charge in [-0.2, -0.15) is 4.39 Å². The number of nitrogens with one attached hydrogen (secondary N) is 1. The standard InChI is InChI=1S/C18H20ClFN4O2/c1-18(2,26)7-9-24-14-10-11(4-5-13(14)23(3)17(24)25)22-12-6-8-21-16(20)15(12)19/h4-6,8,10,26H,7,9H2,1-3H3,(H,21,22). The van der Waals surface area contributed by atoms with Crippen LogP contribution in [0.4, 0.5) is 15.8 Å². The van der Waals surface area contributed by atoms with Crippen LogP contribution in [0.25, 0.3) is 11.0 Å². The molecule has 138 valence electrons. The lowest BCUT2D eigenvalue weighted by molar-refractivity contribution is 0.0662. The van der Waals surface area contributed by atoms with Gasteiger partial charge in [0.15, 0.2) is 0 Å². The Morgan fingerprint density at radius 1 is 1.31 bits per heavy atom. The molecule has 0 fully saturated rings. The van der Waals surface area contributed by atoms with Gasteiger partial charge in [0.1, 0.15) is 5.02 Å². The summed E-state index contributed by atoms with van der Waals surface area (Å²) in [4.78, 5) is 16.0. The molecular formula is C18H20ClFN4O2. The molecule has 3 aromatic rings. The van der Waals surface area contributed by atoms with Crippen molar-refractivity contribution in [3.63, 3.8) is 0 Å². The monoisotopic (exact) mass is 378 g/mol. The predicted octanol–water partition coefficient (Wildman–Crippen LogP) is 3.43. The van der Waals surface area contributed by atoms with Crippen LogP contribution in [0, 0.1) is 5.95 Å². The van der Waals surface area contributed by atoms with E-state index in [1.54, 1.807) is 48.2 Å². The van der Waals surface area contributed by atoms with Crippen LogP contribution in [-0.4, -0.2) is 24.8 Å². The number of halogens is 2. The maximum Gasteiger partial charge on any atom is 0.328 e. The number of aryl methyl sites for hydroxylation is 2. The van der Waals surface area contributed by atoms with Crippen molar-refractivity contribution < 1.29 is 9.50 Å². The fraction of sp³-hybridized carbons (Fsp3) is 0.333. The number of fused-ring (bicyclic) bond motifs is 1.